The number of aromatic nitrogens is 1. The lowest BCUT2D eigenvalue weighted by Gasteiger charge is -2.12. The topological polar surface area (TPSA) is 107 Å². The zero-order chi connectivity index (χ0) is 19.3. The van der Waals surface area contributed by atoms with Gasteiger partial charge in [0.2, 0.25) is 15.9 Å². The number of amides is 1. The Hall–Kier alpha value is -3.04. The van der Waals surface area contributed by atoms with Gasteiger partial charge in [-0.3, -0.25) is 9.59 Å². The highest BCUT2D eigenvalue weighted by molar-refractivity contribution is 7.94. The Labute approximate surface area is 160 Å². The second kappa shape index (κ2) is 8.11. The third-order valence-corrected chi connectivity index (χ3v) is 5.53. The predicted octanol–water partition coefficient (Wildman–Crippen LogP) is 3.75. The van der Waals surface area contributed by atoms with Crippen LogP contribution in [0.3, 0.4) is 0 Å². The number of Topliss-reactive ketones (excluding diaryl/α,β-unsaturated/α-hetero) is 1. The van der Waals surface area contributed by atoms with E-state index in [1.165, 1.54) is 30.5 Å². The van der Waals surface area contributed by atoms with Crippen molar-refractivity contribution in [3.8, 4) is 0 Å². The number of thiazole rings is 1. The maximum absolute atomic E-state index is 12.2. The van der Waals surface area contributed by atoms with E-state index >= 15 is 0 Å². The lowest BCUT2D eigenvalue weighted by atomic mass is 10.1. The van der Waals surface area contributed by atoms with E-state index in [4.69, 9.17) is 0 Å². The number of carbonyl (C=O) groups is 2. The summed E-state index contributed by atoms with van der Waals surface area (Å²) in [5.74, 6) is -0.776. The van der Waals surface area contributed by atoms with Gasteiger partial charge in [0.1, 0.15) is 0 Å². The van der Waals surface area contributed by atoms with Gasteiger partial charge in [-0.15, -0.1) is 0 Å². The standard InChI is InChI=1S/C18H15N3O4S2/c22-16(13-4-2-1-3-5-13)12-17(23)20-14-6-8-15(9-7-14)27(24,25)21-18-19-10-11-26-18/h1-11H,12H2,(H2,19,20,21,23)/p-1. The molecule has 0 aliphatic rings. The summed E-state index contributed by atoms with van der Waals surface area (Å²) in [6, 6.07) is 14.1. The fraction of sp³-hybridized carbons (Fsp3) is 0.0556. The number of hydrogen-bond donors (Lipinski definition) is 1. The summed E-state index contributed by atoms with van der Waals surface area (Å²) in [4.78, 5) is 27.8. The van der Waals surface area contributed by atoms with Gasteiger partial charge in [-0.05, 0) is 29.6 Å². The van der Waals surface area contributed by atoms with E-state index < -0.39 is 15.9 Å². The van der Waals surface area contributed by atoms with E-state index in [1.54, 1.807) is 35.7 Å². The van der Waals surface area contributed by atoms with Crippen molar-refractivity contribution in [1.29, 1.82) is 0 Å². The number of nitrogens with zero attached hydrogens (tertiary/aromatic N) is 2. The summed E-state index contributed by atoms with van der Waals surface area (Å²) in [5.41, 5.74) is 0.840. The first-order valence-electron chi connectivity index (χ1n) is 7.80. The second-order valence-electron chi connectivity index (χ2n) is 5.42. The molecule has 138 valence electrons. The fourth-order valence-corrected chi connectivity index (χ4v) is 3.87. The van der Waals surface area contributed by atoms with Crippen LogP contribution in [0.5, 0.6) is 0 Å². The van der Waals surface area contributed by atoms with Crippen LogP contribution in [0, 0.1) is 0 Å². The number of hydrogen-bond acceptors (Lipinski definition) is 6. The Balaban J connectivity index is 1.62. The molecule has 3 rings (SSSR count). The molecule has 1 heterocycles. The normalized spacial score (nSPS) is 11.0. The van der Waals surface area contributed by atoms with Crippen molar-refractivity contribution in [2.45, 2.75) is 11.3 Å². The van der Waals surface area contributed by atoms with Gasteiger partial charge in [0, 0.05) is 16.4 Å². The van der Waals surface area contributed by atoms with E-state index in [0.29, 0.717) is 11.3 Å². The first-order chi connectivity index (χ1) is 12.9. The van der Waals surface area contributed by atoms with Crippen molar-refractivity contribution in [2.75, 3.05) is 5.32 Å². The van der Waals surface area contributed by atoms with Gasteiger partial charge in [-0.1, -0.05) is 36.5 Å². The molecule has 1 amide bonds. The monoisotopic (exact) mass is 400 g/mol. The fourth-order valence-electron chi connectivity index (χ4n) is 2.20. The molecule has 3 aromatic rings. The highest BCUT2D eigenvalue weighted by atomic mass is 32.2. The maximum atomic E-state index is 12.2. The molecule has 7 nitrogen and oxygen atoms in total. The number of carbonyl (C=O) groups excluding carboxylic acids is 2. The molecule has 0 bridgehead atoms. The van der Waals surface area contributed by atoms with Crippen LogP contribution in [0.15, 0.2) is 71.1 Å². The molecule has 1 N–H and O–H groups in total. The number of ketones is 1. The van der Waals surface area contributed by atoms with Gasteiger partial charge in [0.25, 0.3) is 0 Å². The average molecular weight is 400 g/mol. The smallest absolute Gasteiger partial charge is 0.232 e. The zero-order valence-electron chi connectivity index (χ0n) is 13.9. The van der Waals surface area contributed by atoms with E-state index in [2.05, 4.69) is 15.0 Å². The molecule has 0 saturated heterocycles. The molecule has 9 heteroatoms. The first-order valence-corrected chi connectivity index (χ1v) is 10.1. The quantitative estimate of drug-likeness (QED) is 0.480. The van der Waals surface area contributed by atoms with Crippen LogP contribution < -0.4 is 5.32 Å². The summed E-state index contributed by atoms with van der Waals surface area (Å²) in [6.07, 6.45) is 1.16. The molecule has 0 aliphatic heterocycles. The lowest BCUT2D eigenvalue weighted by molar-refractivity contribution is -0.115. The first kappa shape index (κ1) is 18.7. The molecule has 1 aromatic heterocycles. The van der Waals surface area contributed by atoms with Gasteiger partial charge >= 0.3 is 0 Å². The molecule has 27 heavy (non-hydrogen) atoms. The molecule has 0 atom stereocenters. The third-order valence-electron chi connectivity index (χ3n) is 3.47. The van der Waals surface area contributed by atoms with E-state index in [1.807, 2.05) is 0 Å². The maximum Gasteiger partial charge on any atom is 0.232 e. The number of rotatable bonds is 7. The molecular formula is C18H14N3O4S2-. The Morgan fingerprint density at radius 1 is 1.04 bits per heavy atom. The second-order valence-corrected chi connectivity index (χ2v) is 7.90. The van der Waals surface area contributed by atoms with Crippen LogP contribution in [0.2, 0.25) is 0 Å². The van der Waals surface area contributed by atoms with Crippen molar-refractivity contribution < 1.29 is 18.0 Å². The Morgan fingerprint density at radius 2 is 1.74 bits per heavy atom. The highest BCUT2D eigenvalue weighted by Gasteiger charge is 2.13. The van der Waals surface area contributed by atoms with Gasteiger partial charge < -0.3 is 15.0 Å². The Kier molecular flexibility index (Phi) is 5.63. The largest absolute Gasteiger partial charge is 0.433 e. The molecule has 0 unspecified atom stereocenters. The number of anilines is 1. The Morgan fingerprint density at radius 3 is 2.37 bits per heavy atom. The van der Waals surface area contributed by atoms with Gasteiger partial charge in [0.15, 0.2) is 5.78 Å². The molecular weight excluding hydrogens is 386 g/mol. The molecule has 2 aromatic carbocycles. The van der Waals surface area contributed by atoms with Crippen LogP contribution in [-0.2, 0) is 14.8 Å². The van der Waals surface area contributed by atoms with Crippen LogP contribution in [0.1, 0.15) is 16.8 Å². The van der Waals surface area contributed by atoms with Crippen LogP contribution in [-0.4, -0.2) is 25.1 Å². The number of nitrogens with one attached hydrogen (secondary N) is 1. The van der Waals surface area contributed by atoms with Gasteiger partial charge in [-0.25, -0.2) is 8.42 Å². The molecule has 0 aliphatic carbocycles. The summed E-state index contributed by atoms with van der Waals surface area (Å²) < 4.78 is 28.0. The molecule has 0 fully saturated rings. The number of sulfonamides is 1. The molecule has 0 radical (unpaired) electrons. The average Bonchev–Trinajstić information content (AvgIpc) is 3.15. The lowest BCUT2D eigenvalue weighted by Crippen LogP contribution is -2.16. The summed E-state index contributed by atoms with van der Waals surface area (Å²) >= 11 is 1.11. The summed E-state index contributed by atoms with van der Waals surface area (Å²) in [5, 5.41) is 4.35. The predicted molar refractivity (Wildman–Crippen MR) is 103 cm³/mol. The van der Waals surface area contributed by atoms with E-state index in [9.17, 15) is 18.0 Å². The summed E-state index contributed by atoms with van der Waals surface area (Å²) in [7, 11) is -3.88. The van der Waals surface area contributed by atoms with Gasteiger partial charge in [0.05, 0.1) is 11.3 Å². The van der Waals surface area contributed by atoms with Crippen molar-refractivity contribution in [3.05, 3.63) is 76.5 Å². The van der Waals surface area contributed by atoms with Crippen LogP contribution in [0.25, 0.3) is 4.72 Å². The minimum atomic E-state index is -3.88. The SMILES string of the molecule is O=C(CC(=O)c1ccccc1)Nc1ccc(S(=O)(=O)[N-]c2nccs2)cc1. The van der Waals surface area contributed by atoms with Gasteiger partial charge in [-0.2, -0.15) is 11.3 Å². The van der Waals surface area contributed by atoms with E-state index in [0.717, 1.165) is 11.3 Å². The van der Waals surface area contributed by atoms with Crippen molar-refractivity contribution in [3.63, 3.8) is 0 Å². The molecule has 0 spiro atoms. The minimum Gasteiger partial charge on any atom is -0.433 e. The number of benzene rings is 2. The van der Waals surface area contributed by atoms with Crippen LogP contribution >= 0.6 is 11.3 Å². The molecule has 0 saturated carbocycles. The van der Waals surface area contributed by atoms with E-state index in [-0.39, 0.29) is 22.2 Å². The Bertz CT molecular complexity index is 1030. The van der Waals surface area contributed by atoms with Crippen LogP contribution in [0.4, 0.5) is 10.8 Å². The van der Waals surface area contributed by atoms with Crippen molar-refractivity contribution >= 4 is 43.9 Å². The van der Waals surface area contributed by atoms with Crippen molar-refractivity contribution in [2.24, 2.45) is 0 Å². The zero-order valence-corrected chi connectivity index (χ0v) is 15.5. The third kappa shape index (κ3) is 4.99. The summed E-state index contributed by atoms with van der Waals surface area (Å²) in [6.45, 7) is 0. The highest BCUT2D eigenvalue weighted by Crippen LogP contribution is 2.29. The van der Waals surface area contributed by atoms with Crippen molar-refractivity contribution in [1.82, 2.24) is 4.98 Å². The minimum absolute atomic E-state index is 0.0175.